The van der Waals surface area contributed by atoms with Gasteiger partial charge in [0.25, 0.3) is 0 Å². The summed E-state index contributed by atoms with van der Waals surface area (Å²) in [5.41, 5.74) is 1.03. The summed E-state index contributed by atoms with van der Waals surface area (Å²) in [6.07, 6.45) is 0.0186. The predicted octanol–water partition coefficient (Wildman–Crippen LogP) is 3.09. The molecule has 8 nitrogen and oxygen atoms in total. The van der Waals surface area contributed by atoms with Gasteiger partial charge < -0.3 is 20.3 Å². The Labute approximate surface area is 176 Å². The number of benzene rings is 2. The van der Waals surface area contributed by atoms with Crippen molar-refractivity contribution in [3.63, 3.8) is 0 Å². The van der Waals surface area contributed by atoms with Gasteiger partial charge in [-0.05, 0) is 24.3 Å². The molecule has 1 heterocycles. The lowest BCUT2D eigenvalue weighted by Gasteiger charge is -2.07. The molecule has 3 N–H and O–H groups in total. The second kappa shape index (κ2) is 9.44. The maximum Gasteiger partial charge on any atom is 0.234 e. The van der Waals surface area contributed by atoms with Gasteiger partial charge in [0.15, 0.2) is 5.16 Å². The lowest BCUT2D eigenvalue weighted by Crippen LogP contribution is -2.17. The Morgan fingerprint density at radius 1 is 1.10 bits per heavy atom. The minimum Gasteiger partial charge on any atom is -0.508 e. The number of anilines is 2. The number of rotatable bonds is 7. The number of carbonyl (C=O) groups excluding carboxylic acids is 2. The molecular weight excluding hydrogens is 414 g/mol. The van der Waals surface area contributed by atoms with E-state index in [2.05, 4.69) is 20.8 Å². The molecule has 2 aromatic carbocycles. The van der Waals surface area contributed by atoms with E-state index in [-0.39, 0.29) is 29.7 Å². The summed E-state index contributed by atoms with van der Waals surface area (Å²) in [6.45, 7) is 0. The fraction of sp³-hybridized carbons (Fsp3) is 0.158. The molecule has 0 radical (unpaired) electrons. The van der Waals surface area contributed by atoms with Crippen molar-refractivity contribution in [2.45, 2.75) is 11.6 Å². The van der Waals surface area contributed by atoms with E-state index in [1.807, 2.05) is 0 Å². The molecule has 0 aliphatic rings. The van der Waals surface area contributed by atoms with Crippen molar-refractivity contribution in [2.75, 3.05) is 16.4 Å². The summed E-state index contributed by atoms with van der Waals surface area (Å²) >= 11 is 7.24. The highest BCUT2D eigenvalue weighted by Crippen LogP contribution is 2.21. The van der Waals surface area contributed by atoms with E-state index >= 15 is 0 Å². The number of halogens is 1. The second-order valence-corrected chi connectivity index (χ2v) is 7.40. The highest BCUT2D eigenvalue weighted by molar-refractivity contribution is 7.99. The van der Waals surface area contributed by atoms with E-state index in [0.717, 1.165) is 0 Å². The number of nitrogens with zero attached hydrogens (tertiary/aromatic N) is 3. The van der Waals surface area contributed by atoms with E-state index in [9.17, 15) is 14.7 Å². The summed E-state index contributed by atoms with van der Waals surface area (Å²) in [5, 5.41) is 23.9. The molecule has 0 spiro atoms. The van der Waals surface area contributed by atoms with Crippen LogP contribution < -0.4 is 10.6 Å². The fourth-order valence-electron chi connectivity index (χ4n) is 2.44. The maximum absolute atomic E-state index is 12.3. The van der Waals surface area contributed by atoms with Crippen molar-refractivity contribution >= 4 is 46.6 Å². The zero-order valence-corrected chi connectivity index (χ0v) is 17.0. The molecular formula is C19H18ClN5O3S. The first-order valence-corrected chi connectivity index (χ1v) is 9.93. The molecule has 3 rings (SSSR count). The van der Waals surface area contributed by atoms with E-state index in [1.165, 1.54) is 23.9 Å². The van der Waals surface area contributed by atoms with Gasteiger partial charge in [-0.1, -0.05) is 41.6 Å². The van der Waals surface area contributed by atoms with Crippen LogP contribution in [0.4, 0.5) is 11.4 Å². The van der Waals surface area contributed by atoms with Crippen molar-refractivity contribution < 1.29 is 14.7 Å². The fourth-order valence-corrected chi connectivity index (χ4v) is 3.35. The number of aromatic hydroxyl groups is 1. The number of para-hydroxylation sites is 1. The summed E-state index contributed by atoms with van der Waals surface area (Å²) in [7, 11) is 1.73. The quantitative estimate of drug-likeness (QED) is 0.496. The van der Waals surface area contributed by atoms with Crippen LogP contribution in [0.25, 0.3) is 0 Å². The summed E-state index contributed by atoms with van der Waals surface area (Å²) in [4.78, 5) is 24.3. The van der Waals surface area contributed by atoms with E-state index in [4.69, 9.17) is 11.6 Å². The monoisotopic (exact) mass is 431 g/mol. The van der Waals surface area contributed by atoms with E-state index in [0.29, 0.717) is 27.4 Å². The number of hydrogen-bond acceptors (Lipinski definition) is 6. The van der Waals surface area contributed by atoms with E-state index in [1.54, 1.807) is 48.0 Å². The van der Waals surface area contributed by atoms with Gasteiger partial charge in [0, 0.05) is 18.8 Å². The number of hydrogen-bond donors (Lipinski definition) is 3. The van der Waals surface area contributed by atoms with Crippen LogP contribution in [-0.2, 0) is 23.1 Å². The molecule has 0 saturated heterocycles. The first-order valence-electron chi connectivity index (χ1n) is 8.56. The normalized spacial score (nSPS) is 10.6. The molecule has 0 fully saturated rings. The van der Waals surface area contributed by atoms with Crippen molar-refractivity contribution in [3.05, 3.63) is 59.4 Å². The molecule has 29 heavy (non-hydrogen) atoms. The molecule has 0 bridgehead atoms. The molecule has 0 unspecified atom stereocenters. The topological polar surface area (TPSA) is 109 Å². The van der Waals surface area contributed by atoms with Crippen molar-refractivity contribution in [1.82, 2.24) is 14.8 Å². The summed E-state index contributed by atoms with van der Waals surface area (Å²) in [5.74, 6) is 0.121. The van der Waals surface area contributed by atoms with Crippen LogP contribution in [0.1, 0.15) is 5.82 Å². The smallest absolute Gasteiger partial charge is 0.234 e. The Bertz CT molecular complexity index is 1040. The Balaban J connectivity index is 1.54. The molecule has 10 heteroatoms. The highest BCUT2D eigenvalue weighted by atomic mass is 35.5. The zero-order chi connectivity index (χ0) is 20.8. The number of nitrogens with one attached hydrogen (secondary N) is 2. The Morgan fingerprint density at radius 3 is 2.66 bits per heavy atom. The molecule has 150 valence electrons. The third-order valence-electron chi connectivity index (χ3n) is 3.85. The number of aromatic nitrogens is 3. The lowest BCUT2D eigenvalue weighted by atomic mass is 10.3. The van der Waals surface area contributed by atoms with E-state index < -0.39 is 0 Å². The second-order valence-electron chi connectivity index (χ2n) is 6.05. The average Bonchev–Trinajstić information content (AvgIpc) is 3.01. The minimum absolute atomic E-state index is 0.0186. The van der Waals surface area contributed by atoms with Gasteiger partial charge >= 0.3 is 0 Å². The van der Waals surface area contributed by atoms with Gasteiger partial charge in [-0.2, -0.15) is 0 Å². The van der Waals surface area contributed by atoms with Gasteiger partial charge in [-0.15, -0.1) is 10.2 Å². The van der Waals surface area contributed by atoms with Crippen LogP contribution in [0.2, 0.25) is 5.02 Å². The summed E-state index contributed by atoms with van der Waals surface area (Å²) in [6, 6.07) is 13.3. The Morgan fingerprint density at radius 2 is 1.90 bits per heavy atom. The molecule has 2 amide bonds. The van der Waals surface area contributed by atoms with Gasteiger partial charge in [0.2, 0.25) is 11.8 Å². The standard InChI is InChI=1S/C19H18ClN5O3S/c1-25-16(10-17(27)22-15-8-3-2-7-14(15)20)23-24-19(25)29-11-18(28)21-12-5-4-6-13(26)9-12/h2-9,26H,10-11H2,1H3,(H,21,28)(H,22,27). The van der Waals surface area contributed by atoms with Gasteiger partial charge in [-0.25, -0.2) is 0 Å². The first-order chi connectivity index (χ1) is 13.9. The third-order valence-corrected chi connectivity index (χ3v) is 5.20. The minimum atomic E-state index is -0.272. The molecule has 0 atom stereocenters. The predicted molar refractivity (Wildman–Crippen MR) is 112 cm³/mol. The highest BCUT2D eigenvalue weighted by Gasteiger charge is 2.15. The van der Waals surface area contributed by atoms with Crippen LogP contribution in [-0.4, -0.2) is 37.4 Å². The number of carbonyl (C=O) groups is 2. The van der Waals surface area contributed by atoms with Gasteiger partial charge in [0.05, 0.1) is 22.9 Å². The maximum atomic E-state index is 12.3. The number of phenolic OH excluding ortho intramolecular Hbond substituents is 1. The summed E-state index contributed by atoms with van der Waals surface area (Å²) < 4.78 is 1.67. The van der Waals surface area contributed by atoms with Crippen LogP contribution >= 0.6 is 23.4 Å². The molecule has 0 saturated carbocycles. The Hall–Kier alpha value is -3.04. The van der Waals surface area contributed by atoms with Crippen LogP contribution in [0.15, 0.2) is 53.7 Å². The number of thioether (sulfide) groups is 1. The number of phenols is 1. The van der Waals surface area contributed by atoms with Crippen molar-refractivity contribution in [1.29, 1.82) is 0 Å². The SMILES string of the molecule is Cn1c(CC(=O)Nc2ccccc2Cl)nnc1SCC(=O)Nc1cccc(O)c1. The third kappa shape index (κ3) is 5.72. The van der Waals surface area contributed by atoms with Crippen LogP contribution in [0.3, 0.4) is 0 Å². The van der Waals surface area contributed by atoms with Gasteiger partial charge in [0.1, 0.15) is 11.6 Å². The Kier molecular flexibility index (Phi) is 6.73. The average molecular weight is 432 g/mol. The first kappa shape index (κ1) is 20.7. The molecule has 3 aromatic rings. The van der Waals surface area contributed by atoms with Crippen LogP contribution in [0, 0.1) is 0 Å². The number of amides is 2. The van der Waals surface area contributed by atoms with Crippen molar-refractivity contribution in [3.8, 4) is 5.75 Å². The molecule has 0 aliphatic heterocycles. The lowest BCUT2D eigenvalue weighted by molar-refractivity contribution is -0.116. The van der Waals surface area contributed by atoms with Crippen molar-refractivity contribution in [2.24, 2.45) is 7.05 Å². The zero-order valence-electron chi connectivity index (χ0n) is 15.4. The van der Waals surface area contributed by atoms with Crippen LogP contribution in [0.5, 0.6) is 5.75 Å². The molecule has 1 aromatic heterocycles. The largest absolute Gasteiger partial charge is 0.508 e. The molecule has 0 aliphatic carbocycles. The van der Waals surface area contributed by atoms with Gasteiger partial charge in [-0.3, -0.25) is 9.59 Å².